The third-order valence-corrected chi connectivity index (χ3v) is 4.79. The van der Waals surface area contributed by atoms with Crippen molar-refractivity contribution in [2.75, 3.05) is 7.11 Å². The first-order valence-corrected chi connectivity index (χ1v) is 7.37. The van der Waals surface area contributed by atoms with Crippen LogP contribution in [0.1, 0.15) is 45.1 Å². The summed E-state index contributed by atoms with van der Waals surface area (Å²) in [5.74, 6) is 0.674. The molecule has 2 rings (SSSR count). The van der Waals surface area contributed by atoms with E-state index in [-0.39, 0.29) is 5.60 Å². The molecule has 0 aliphatic heterocycles. The van der Waals surface area contributed by atoms with Crippen LogP contribution < -0.4 is 5.32 Å². The van der Waals surface area contributed by atoms with Crippen LogP contribution in [0, 0.1) is 0 Å². The average Bonchev–Trinajstić information content (AvgIpc) is 2.34. The maximum Gasteiger partial charge on any atom is 0.0772 e. The van der Waals surface area contributed by atoms with E-state index in [0.29, 0.717) is 18.0 Å². The van der Waals surface area contributed by atoms with E-state index in [9.17, 15) is 0 Å². The van der Waals surface area contributed by atoms with Crippen molar-refractivity contribution in [3.8, 4) is 0 Å². The topological polar surface area (TPSA) is 21.3 Å². The quantitative estimate of drug-likeness (QED) is 0.881. The lowest BCUT2D eigenvalue weighted by molar-refractivity contribution is -0.0118. The first-order valence-electron chi connectivity index (χ1n) is 6.99. The number of ether oxygens (including phenoxy) is 1. The maximum atomic E-state index is 5.91. The first kappa shape index (κ1) is 14.8. The highest BCUT2D eigenvalue weighted by molar-refractivity contribution is 6.30. The van der Waals surface area contributed by atoms with Gasteiger partial charge < -0.3 is 10.1 Å². The van der Waals surface area contributed by atoms with Crippen LogP contribution in [0.25, 0.3) is 0 Å². The minimum atomic E-state index is -0.120. The van der Waals surface area contributed by atoms with Crippen LogP contribution in [0.3, 0.4) is 0 Å². The van der Waals surface area contributed by atoms with Crippen molar-refractivity contribution in [1.29, 1.82) is 0 Å². The second kappa shape index (κ2) is 5.82. The highest BCUT2D eigenvalue weighted by atomic mass is 35.5. The number of hydrogen-bond donors (Lipinski definition) is 1. The van der Waals surface area contributed by atoms with E-state index in [1.807, 2.05) is 12.1 Å². The summed E-state index contributed by atoms with van der Waals surface area (Å²) in [6.45, 7) is 6.44. The van der Waals surface area contributed by atoms with Gasteiger partial charge in [0.25, 0.3) is 0 Å². The van der Waals surface area contributed by atoms with E-state index < -0.39 is 0 Å². The maximum absolute atomic E-state index is 5.91. The number of methoxy groups -OCH3 is 1. The Labute approximate surface area is 121 Å². The summed E-state index contributed by atoms with van der Waals surface area (Å²) in [4.78, 5) is 0. The van der Waals surface area contributed by atoms with E-state index in [4.69, 9.17) is 16.3 Å². The highest BCUT2D eigenvalue weighted by Gasteiger charge is 2.34. The van der Waals surface area contributed by atoms with E-state index in [1.54, 1.807) is 7.11 Å². The molecule has 1 unspecified atom stereocenters. The van der Waals surface area contributed by atoms with Crippen LogP contribution in [0.4, 0.5) is 0 Å². The molecule has 0 saturated heterocycles. The molecule has 1 aliphatic carbocycles. The van der Waals surface area contributed by atoms with Crippen LogP contribution in [0.5, 0.6) is 0 Å². The summed E-state index contributed by atoms with van der Waals surface area (Å²) >= 11 is 5.91. The fourth-order valence-electron chi connectivity index (χ4n) is 2.49. The van der Waals surface area contributed by atoms with Crippen molar-refractivity contribution < 1.29 is 4.74 Å². The zero-order chi connectivity index (χ0) is 14.0. The van der Waals surface area contributed by atoms with Crippen molar-refractivity contribution in [1.82, 2.24) is 5.32 Å². The molecule has 1 aromatic rings. The molecule has 0 bridgehead atoms. The SMILES string of the molecule is COC(C)(C)C(C)NC1CC(c2ccc(Cl)cc2)C1. The molecule has 1 saturated carbocycles. The van der Waals surface area contributed by atoms with Gasteiger partial charge in [0, 0.05) is 24.2 Å². The van der Waals surface area contributed by atoms with Gasteiger partial charge in [0.05, 0.1) is 5.60 Å². The monoisotopic (exact) mass is 281 g/mol. The van der Waals surface area contributed by atoms with Gasteiger partial charge in [-0.3, -0.25) is 0 Å². The zero-order valence-corrected chi connectivity index (χ0v) is 13.0. The second-order valence-corrected chi connectivity index (χ2v) is 6.55. The van der Waals surface area contributed by atoms with Crippen molar-refractivity contribution in [3.05, 3.63) is 34.9 Å². The van der Waals surface area contributed by atoms with E-state index in [2.05, 4.69) is 38.2 Å². The van der Waals surface area contributed by atoms with Gasteiger partial charge >= 0.3 is 0 Å². The lowest BCUT2D eigenvalue weighted by Crippen LogP contribution is -2.53. The average molecular weight is 282 g/mol. The molecule has 1 fully saturated rings. The molecule has 0 radical (unpaired) electrons. The Kier molecular flexibility index (Phi) is 4.54. The van der Waals surface area contributed by atoms with Gasteiger partial charge in [-0.15, -0.1) is 0 Å². The van der Waals surface area contributed by atoms with Crippen molar-refractivity contribution in [3.63, 3.8) is 0 Å². The number of rotatable bonds is 5. The van der Waals surface area contributed by atoms with Gasteiger partial charge in [-0.25, -0.2) is 0 Å². The summed E-state index contributed by atoms with van der Waals surface area (Å²) in [6, 6.07) is 9.21. The van der Waals surface area contributed by atoms with E-state index >= 15 is 0 Å². The minimum absolute atomic E-state index is 0.120. The molecule has 0 amide bonds. The molecule has 19 heavy (non-hydrogen) atoms. The smallest absolute Gasteiger partial charge is 0.0772 e. The molecule has 3 heteroatoms. The summed E-state index contributed by atoms with van der Waals surface area (Å²) in [7, 11) is 1.77. The van der Waals surface area contributed by atoms with Crippen LogP contribution in [0.15, 0.2) is 24.3 Å². The molecular formula is C16H24ClNO. The summed E-state index contributed by atoms with van der Waals surface area (Å²) < 4.78 is 5.52. The van der Waals surface area contributed by atoms with Gasteiger partial charge in [0.2, 0.25) is 0 Å². The Balaban J connectivity index is 1.82. The van der Waals surface area contributed by atoms with Crippen LogP contribution >= 0.6 is 11.6 Å². The zero-order valence-electron chi connectivity index (χ0n) is 12.2. The Bertz CT molecular complexity index is 409. The lowest BCUT2D eigenvalue weighted by atomic mass is 9.75. The van der Waals surface area contributed by atoms with E-state index in [0.717, 1.165) is 5.02 Å². The number of benzene rings is 1. The minimum Gasteiger partial charge on any atom is -0.377 e. The Morgan fingerprint density at radius 2 is 1.84 bits per heavy atom. The summed E-state index contributed by atoms with van der Waals surface area (Å²) in [5.41, 5.74) is 1.28. The Morgan fingerprint density at radius 3 is 2.37 bits per heavy atom. The summed E-state index contributed by atoms with van der Waals surface area (Å²) in [6.07, 6.45) is 2.40. The lowest BCUT2D eigenvalue weighted by Gasteiger charge is -2.41. The molecule has 1 N–H and O–H groups in total. The van der Waals surface area contributed by atoms with E-state index in [1.165, 1.54) is 18.4 Å². The molecule has 0 aromatic heterocycles. The molecule has 1 aliphatic rings. The predicted octanol–water partition coefficient (Wildman–Crippen LogP) is 3.99. The fraction of sp³-hybridized carbons (Fsp3) is 0.625. The molecule has 2 nitrogen and oxygen atoms in total. The van der Waals surface area contributed by atoms with Crippen LogP contribution in [-0.2, 0) is 4.74 Å². The second-order valence-electron chi connectivity index (χ2n) is 6.11. The number of halogens is 1. The van der Waals surface area contributed by atoms with Gasteiger partial charge in [0.1, 0.15) is 0 Å². The standard InChI is InChI=1S/C16H24ClNO/c1-11(16(2,3)19-4)18-15-9-13(10-15)12-5-7-14(17)8-6-12/h5-8,11,13,15,18H,9-10H2,1-4H3. The third-order valence-electron chi connectivity index (χ3n) is 4.53. The third kappa shape index (κ3) is 3.50. The predicted molar refractivity (Wildman–Crippen MR) is 80.9 cm³/mol. The van der Waals surface area contributed by atoms with Crippen molar-refractivity contribution >= 4 is 11.6 Å². The van der Waals surface area contributed by atoms with Crippen LogP contribution in [0.2, 0.25) is 5.02 Å². The molecule has 1 atom stereocenters. The first-order chi connectivity index (χ1) is 8.92. The summed E-state index contributed by atoms with van der Waals surface area (Å²) in [5, 5.41) is 4.48. The van der Waals surface area contributed by atoms with Crippen molar-refractivity contribution in [2.45, 2.75) is 57.2 Å². The Hall–Kier alpha value is -0.570. The molecular weight excluding hydrogens is 258 g/mol. The normalized spacial score (nSPS) is 24.9. The largest absolute Gasteiger partial charge is 0.377 e. The number of nitrogens with one attached hydrogen (secondary N) is 1. The molecule has 0 heterocycles. The van der Waals surface area contributed by atoms with Gasteiger partial charge in [0.15, 0.2) is 0 Å². The van der Waals surface area contributed by atoms with Crippen LogP contribution in [-0.4, -0.2) is 24.8 Å². The molecule has 106 valence electrons. The van der Waals surface area contributed by atoms with Crippen molar-refractivity contribution in [2.24, 2.45) is 0 Å². The number of hydrogen-bond acceptors (Lipinski definition) is 2. The fourth-order valence-corrected chi connectivity index (χ4v) is 2.62. The van der Waals surface area contributed by atoms with Gasteiger partial charge in [-0.2, -0.15) is 0 Å². The molecule has 0 spiro atoms. The van der Waals surface area contributed by atoms with Gasteiger partial charge in [-0.1, -0.05) is 23.7 Å². The Morgan fingerprint density at radius 1 is 1.26 bits per heavy atom. The molecule has 1 aromatic carbocycles. The highest BCUT2D eigenvalue weighted by Crippen LogP contribution is 2.37. The van der Waals surface area contributed by atoms with Gasteiger partial charge in [-0.05, 0) is 57.2 Å².